The first-order valence-corrected chi connectivity index (χ1v) is 6.83. The van der Waals surface area contributed by atoms with E-state index in [9.17, 15) is 13.6 Å². The highest BCUT2D eigenvalue weighted by molar-refractivity contribution is 6.02. The maximum absolute atomic E-state index is 13.9. The summed E-state index contributed by atoms with van der Waals surface area (Å²) in [4.78, 5) is 19.1. The summed E-state index contributed by atoms with van der Waals surface area (Å²) in [5.74, 6) is -1.35. The molecule has 0 spiro atoms. The number of ether oxygens (including phenoxy) is 1. The van der Waals surface area contributed by atoms with E-state index in [2.05, 4.69) is 15.3 Å². The Balaban J connectivity index is 1.67. The van der Waals surface area contributed by atoms with Gasteiger partial charge in [-0.1, -0.05) is 0 Å². The number of anilines is 1. The average molecular weight is 305 g/mol. The summed E-state index contributed by atoms with van der Waals surface area (Å²) in [5, 5.41) is 2.39. The van der Waals surface area contributed by atoms with Crippen LogP contribution in [0.5, 0.6) is 5.75 Å². The molecule has 7 heteroatoms. The summed E-state index contributed by atoms with van der Waals surface area (Å²) in [6.07, 6.45) is 4.70. The Kier molecular flexibility index (Phi) is 3.95. The molecule has 0 saturated heterocycles. The third-order valence-electron chi connectivity index (χ3n) is 3.20. The number of carbonyl (C=O) groups is 1. The third kappa shape index (κ3) is 3.55. The number of rotatable bonds is 5. The molecule has 2 heterocycles. The van der Waals surface area contributed by atoms with Crippen molar-refractivity contribution in [3.63, 3.8) is 0 Å². The molecule has 114 valence electrons. The van der Waals surface area contributed by atoms with E-state index in [0.29, 0.717) is 18.3 Å². The Labute approximate surface area is 125 Å². The van der Waals surface area contributed by atoms with E-state index >= 15 is 0 Å². The standard InChI is InChI=1S/C15H13F2N3O2/c16-12-5-11(22-8-9-1-2-9)7-19-14(12)15(21)20-10-3-4-13(17)18-6-10/h3-7,9H,1-2,8H2,(H,20,21). The Morgan fingerprint density at radius 2 is 2.09 bits per heavy atom. The van der Waals surface area contributed by atoms with Gasteiger partial charge in [0.2, 0.25) is 5.95 Å². The van der Waals surface area contributed by atoms with Crippen LogP contribution in [0.25, 0.3) is 0 Å². The highest BCUT2D eigenvalue weighted by Crippen LogP contribution is 2.29. The van der Waals surface area contributed by atoms with Crippen LogP contribution in [-0.2, 0) is 0 Å². The van der Waals surface area contributed by atoms with Crippen LogP contribution in [0.1, 0.15) is 23.3 Å². The summed E-state index contributed by atoms with van der Waals surface area (Å²) < 4.78 is 32.0. The highest BCUT2D eigenvalue weighted by atomic mass is 19.1. The largest absolute Gasteiger partial charge is 0.492 e. The van der Waals surface area contributed by atoms with Gasteiger partial charge in [-0.3, -0.25) is 4.79 Å². The van der Waals surface area contributed by atoms with Crippen molar-refractivity contribution in [1.82, 2.24) is 9.97 Å². The van der Waals surface area contributed by atoms with E-state index in [-0.39, 0.29) is 11.4 Å². The lowest BCUT2D eigenvalue weighted by Gasteiger charge is -2.08. The van der Waals surface area contributed by atoms with E-state index in [1.807, 2.05) is 0 Å². The Bertz CT molecular complexity index is 688. The number of nitrogens with zero attached hydrogens (tertiary/aromatic N) is 2. The van der Waals surface area contributed by atoms with Gasteiger partial charge in [0, 0.05) is 6.07 Å². The fourth-order valence-corrected chi connectivity index (χ4v) is 1.81. The van der Waals surface area contributed by atoms with Crippen LogP contribution in [0.2, 0.25) is 0 Å². The van der Waals surface area contributed by atoms with Gasteiger partial charge in [0.25, 0.3) is 5.91 Å². The molecule has 1 fully saturated rings. The van der Waals surface area contributed by atoms with Gasteiger partial charge in [0.15, 0.2) is 11.5 Å². The smallest absolute Gasteiger partial charge is 0.277 e. The van der Waals surface area contributed by atoms with Crippen molar-refractivity contribution in [2.24, 2.45) is 5.92 Å². The van der Waals surface area contributed by atoms with Crippen molar-refractivity contribution in [3.8, 4) is 5.75 Å². The van der Waals surface area contributed by atoms with Crippen molar-refractivity contribution < 1.29 is 18.3 Å². The van der Waals surface area contributed by atoms with Crippen LogP contribution in [-0.4, -0.2) is 22.5 Å². The maximum atomic E-state index is 13.9. The van der Waals surface area contributed by atoms with Gasteiger partial charge in [-0.05, 0) is 30.9 Å². The van der Waals surface area contributed by atoms with Crippen LogP contribution in [0.4, 0.5) is 14.5 Å². The van der Waals surface area contributed by atoms with Crippen LogP contribution >= 0.6 is 0 Å². The number of hydrogen-bond acceptors (Lipinski definition) is 4. The number of nitrogens with one attached hydrogen (secondary N) is 1. The molecular formula is C15H13F2N3O2. The Hall–Kier alpha value is -2.57. The predicted molar refractivity (Wildman–Crippen MR) is 74.6 cm³/mol. The summed E-state index contributed by atoms with van der Waals surface area (Å²) in [6.45, 7) is 0.536. The number of amides is 1. The summed E-state index contributed by atoms with van der Waals surface area (Å²) >= 11 is 0. The molecule has 3 rings (SSSR count). The molecule has 1 aliphatic carbocycles. The van der Waals surface area contributed by atoms with Gasteiger partial charge in [-0.15, -0.1) is 0 Å². The zero-order valence-corrected chi connectivity index (χ0v) is 11.6. The summed E-state index contributed by atoms with van der Waals surface area (Å²) in [6, 6.07) is 3.55. The van der Waals surface area contributed by atoms with E-state index in [0.717, 1.165) is 31.2 Å². The number of aromatic nitrogens is 2. The molecule has 5 nitrogen and oxygen atoms in total. The highest BCUT2D eigenvalue weighted by Gasteiger charge is 2.22. The zero-order valence-electron chi connectivity index (χ0n) is 11.6. The second kappa shape index (κ2) is 6.05. The molecule has 1 N–H and O–H groups in total. The molecule has 2 aromatic rings. The topological polar surface area (TPSA) is 64.1 Å². The van der Waals surface area contributed by atoms with Crippen molar-refractivity contribution >= 4 is 11.6 Å². The lowest BCUT2D eigenvalue weighted by atomic mass is 10.3. The molecule has 1 aliphatic rings. The van der Waals surface area contributed by atoms with Gasteiger partial charge in [-0.2, -0.15) is 4.39 Å². The molecule has 1 saturated carbocycles. The van der Waals surface area contributed by atoms with Crippen molar-refractivity contribution in [3.05, 3.63) is 48.1 Å². The molecule has 0 aliphatic heterocycles. The number of pyridine rings is 2. The van der Waals surface area contributed by atoms with Gasteiger partial charge in [0.1, 0.15) is 5.75 Å². The first-order valence-electron chi connectivity index (χ1n) is 6.83. The van der Waals surface area contributed by atoms with E-state index < -0.39 is 17.7 Å². The Morgan fingerprint density at radius 1 is 1.27 bits per heavy atom. The minimum atomic E-state index is -0.777. The molecular weight excluding hydrogens is 292 g/mol. The van der Waals surface area contributed by atoms with Crippen LogP contribution in [0.15, 0.2) is 30.6 Å². The van der Waals surface area contributed by atoms with Gasteiger partial charge in [0.05, 0.1) is 24.7 Å². The third-order valence-corrected chi connectivity index (χ3v) is 3.20. The Morgan fingerprint density at radius 3 is 2.73 bits per heavy atom. The lowest BCUT2D eigenvalue weighted by molar-refractivity contribution is 0.101. The number of halogens is 2. The second-order valence-electron chi connectivity index (χ2n) is 5.08. The quantitative estimate of drug-likeness (QED) is 0.863. The van der Waals surface area contributed by atoms with Crippen LogP contribution in [0.3, 0.4) is 0 Å². The first kappa shape index (κ1) is 14.4. The zero-order chi connectivity index (χ0) is 15.5. The minimum absolute atomic E-state index is 0.252. The van der Waals surface area contributed by atoms with Gasteiger partial charge in [-0.25, -0.2) is 14.4 Å². The fourth-order valence-electron chi connectivity index (χ4n) is 1.81. The average Bonchev–Trinajstić information content (AvgIpc) is 3.32. The van der Waals surface area contributed by atoms with Gasteiger partial charge >= 0.3 is 0 Å². The van der Waals surface area contributed by atoms with E-state index in [4.69, 9.17) is 4.74 Å². The van der Waals surface area contributed by atoms with Crippen molar-refractivity contribution in [2.75, 3.05) is 11.9 Å². The van der Waals surface area contributed by atoms with Crippen molar-refractivity contribution in [1.29, 1.82) is 0 Å². The monoisotopic (exact) mass is 305 g/mol. The van der Waals surface area contributed by atoms with Crippen LogP contribution < -0.4 is 10.1 Å². The number of carbonyl (C=O) groups excluding carboxylic acids is 1. The molecule has 0 unspecified atom stereocenters. The molecule has 22 heavy (non-hydrogen) atoms. The van der Waals surface area contributed by atoms with Gasteiger partial charge < -0.3 is 10.1 Å². The van der Waals surface area contributed by atoms with Crippen LogP contribution in [0, 0.1) is 17.7 Å². The van der Waals surface area contributed by atoms with E-state index in [1.54, 1.807) is 0 Å². The minimum Gasteiger partial charge on any atom is -0.492 e. The first-order chi connectivity index (χ1) is 10.6. The fraction of sp³-hybridized carbons (Fsp3) is 0.267. The molecule has 0 aromatic carbocycles. The molecule has 0 radical (unpaired) electrons. The maximum Gasteiger partial charge on any atom is 0.277 e. The lowest BCUT2D eigenvalue weighted by Crippen LogP contribution is -2.16. The van der Waals surface area contributed by atoms with E-state index in [1.165, 1.54) is 12.3 Å². The predicted octanol–water partition coefficient (Wildman–Crippen LogP) is 2.80. The SMILES string of the molecule is O=C(Nc1ccc(F)nc1)c1ncc(OCC2CC2)cc1F. The summed E-state index contributed by atoms with van der Waals surface area (Å²) in [7, 11) is 0. The number of hydrogen-bond donors (Lipinski definition) is 1. The molecule has 1 amide bonds. The molecule has 0 bridgehead atoms. The molecule has 2 aromatic heterocycles. The van der Waals surface area contributed by atoms with Crippen molar-refractivity contribution in [2.45, 2.75) is 12.8 Å². The second-order valence-corrected chi connectivity index (χ2v) is 5.08. The normalized spacial score (nSPS) is 13.7. The molecule has 0 atom stereocenters. The summed E-state index contributed by atoms with van der Waals surface area (Å²) in [5.41, 5.74) is -0.107.